The third kappa shape index (κ3) is 2.00. The van der Waals surface area contributed by atoms with Gasteiger partial charge >= 0.3 is 6.23 Å². The topological polar surface area (TPSA) is 61.6 Å². The molecule has 0 aromatic heterocycles. The van der Waals surface area contributed by atoms with Crippen LogP contribution in [0.15, 0.2) is 24.3 Å². The number of nitro groups is 1. The lowest BCUT2D eigenvalue weighted by molar-refractivity contribution is -0.499. The van der Waals surface area contributed by atoms with E-state index < -0.39 is 4.92 Å². The first kappa shape index (κ1) is 10.5. The molecule has 0 aliphatic heterocycles. The maximum Gasteiger partial charge on any atom is 0.456 e. The summed E-state index contributed by atoms with van der Waals surface area (Å²) in [6.07, 6.45) is -0.317. The molecule has 0 atom stereocenters. The molecular formula is C9H10NO4. The average Bonchev–Trinajstić information content (AvgIpc) is 2.19. The largest absolute Gasteiger partial charge is 0.496 e. The molecule has 0 spiro atoms. The molecule has 5 heteroatoms. The van der Waals surface area contributed by atoms with Gasteiger partial charge in [-0.05, 0) is 12.1 Å². The van der Waals surface area contributed by atoms with Crippen molar-refractivity contribution in [2.24, 2.45) is 0 Å². The maximum atomic E-state index is 10.6. The fraction of sp³-hybridized carbons (Fsp3) is 0.222. The number of ether oxygens (including phenoxy) is 2. The van der Waals surface area contributed by atoms with Crippen molar-refractivity contribution in [2.75, 3.05) is 14.2 Å². The Bertz CT molecular complexity index is 326. The van der Waals surface area contributed by atoms with Crippen LogP contribution in [0.1, 0.15) is 5.56 Å². The van der Waals surface area contributed by atoms with Gasteiger partial charge in [0.15, 0.2) is 0 Å². The average molecular weight is 196 g/mol. The maximum absolute atomic E-state index is 10.6. The van der Waals surface area contributed by atoms with Crippen LogP contribution < -0.4 is 4.74 Å². The predicted octanol–water partition coefficient (Wildman–Crippen LogP) is 1.46. The third-order valence-corrected chi connectivity index (χ3v) is 1.70. The Morgan fingerprint density at radius 2 is 2.00 bits per heavy atom. The van der Waals surface area contributed by atoms with Crippen molar-refractivity contribution in [2.45, 2.75) is 0 Å². The molecule has 1 aromatic rings. The lowest BCUT2D eigenvalue weighted by atomic mass is 10.2. The van der Waals surface area contributed by atoms with Gasteiger partial charge in [0.2, 0.25) is 0 Å². The fourth-order valence-corrected chi connectivity index (χ4v) is 1.10. The SMILES string of the molecule is CO[C](c1ccccc1OC)[N+](=O)[O-]. The molecule has 0 unspecified atom stereocenters. The first-order valence-electron chi connectivity index (χ1n) is 3.89. The third-order valence-electron chi connectivity index (χ3n) is 1.70. The zero-order valence-corrected chi connectivity index (χ0v) is 7.89. The summed E-state index contributed by atoms with van der Waals surface area (Å²) in [6.45, 7) is 0. The van der Waals surface area contributed by atoms with Crippen LogP contribution in [-0.4, -0.2) is 19.1 Å². The number of para-hydroxylation sites is 1. The van der Waals surface area contributed by atoms with Crippen LogP contribution in [0, 0.1) is 16.3 Å². The summed E-state index contributed by atoms with van der Waals surface area (Å²) in [5.74, 6) is 0.418. The summed E-state index contributed by atoms with van der Waals surface area (Å²) in [7, 11) is 2.70. The Labute approximate surface area is 81.4 Å². The van der Waals surface area contributed by atoms with Crippen LogP contribution in [0.25, 0.3) is 0 Å². The molecule has 1 radical (unpaired) electrons. The molecule has 1 aromatic carbocycles. The van der Waals surface area contributed by atoms with Crippen LogP contribution in [0.3, 0.4) is 0 Å². The molecule has 14 heavy (non-hydrogen) atoms. The highest BCUT2D eigenvalue weighted by Gasteiger charge is 2.29. The number of hydrogen-bond donors (Lipinski definition) is 0. The molecule has 0 saturated heterocycles. The van der Waals surface area contributed by atoms with Gasteiger partial charge in [-0.3, -0.25) is 10.1 Å². The monoisotopic (exact) mass is 196 g/mol. The Balaban J connectivity index is 3.08. The van der Waals surface area contributed by atoms with Gasteiger partial charge in [0, 0.05) is 7.11 Å². The standard InChI is InChI=1S/C9H10NO4/c1-13-8-6-4-3-5-7(8)9(14-2)10(11)12/h3-6H,1-2H3. The Kier molecular flexibility index (Phi) is 3.41. The second kappa shape index (κ2) is 4.57. The summed E-state index contributed by atoms with van der Waals surface area (Å²) in [5, 5.41) is 10.6. The Morgan fingerprint density at radius 3 is 2.50 bits per heavy atom. The molecule has 0 bridgehead atoms. The normalized spacial score (nSPS) is 10.2. The highest BCUT2D eigenvalue weighted by atomic mass is 16.7. The zero-order chi connectivity index (χ0) is 10.6. The summed E-state index contributed by atoms with van der Waals surface area (Å²) in [6, 6.07) is 6.62. The first-order chi connectivity index (χ1) is 6.70. The molecule has 0 fully saturated rings. The lowest BCUT2D eigenvalue weighted by Crippen LogP contribution is -2.14. The van der Waals surface area contributed by atoms with E-state index in [2.05, 4.69) is 4.74 Å². The van der Waals surface area contributed by atoms with E-state index >= 15 is 0 Å². The molecule has 0 aliphatic rings. The minimum Gasteiger partial charge on any atom is -0.496 e. The van der Waals surface area contributed by atoms with Crippen molar-refractivity contribution in [1.29, 1.82) is 0 Å². The second-order valence-electron chi connectivity index (χ2n) is 2.47. The van der Waals surface area contributed by atoms with Crippen molar-refractivity contribution < 1.29 is 14.4 Å². The van der Waals surface area contributed by atoms with Gasteiger partial charge in [-0.1, -0.05) is 12.1 Å². The van der Waals surface area contributed by atoms with Crippen molar-refractivity contribution in [1.82, 2.24) is 0 Å². The number of rotatable bonds is 4. The highest BCUT2D eigenvalue weighted by molar-refractivity contribution is 5.39. The summed E-state index contributed by atoms with van der Waals surface area (Å²) >= 11 is 0. The molecule has 0 aliphatic carbocycles. The van der Waals surface area contributed by atoms with E-state index in [1.165, 1.54) is 14.2 Å². The van der Waals surface area contributed by atoms with Crippen LogP contribution in [0.2, 0.25) is 0 Å². The second-order valence-corrected chi connectivity index (χ2v) is 2.47. The number of nitrogens with zero attached hydrogens (tertiary/aromatic N) is 1. The number of hydrogen-bond acceptors (Lipinski definition) is 4. The van der Waals surface area contributed by atoms with Gasteiger partial charge in [0.05, 0.1) is 12.0 Å². The van der Waals surface area contributed by atoms with Gasteiger partial charge in [-0.25, -0.2) is 0 Å². The van der Waals surface area contributed by atoms with Crippen LogP contribution in [0.4, 0.5) is 0 Å². The summed E-state index contributed by atoms with van der Waals surface area (Å²) in [4.78, 5) is 10.0. The zero-order valence-electron chi connectivity index (χ0n) is 7.89. The smallest absolute Gasteiger partial charge is 0.456 e. The van der Waals surface area contributed by atoms with E-state index in [0.29, 0.717) is 11.3 Å². The molecule has 0 amide bonds. The van der Waals surface area contributed by atoms with Gasteiger partial charge < -0.3 is 9.47 Å². The Morgan fingerprint density at radius 1 is 1.36 bits per heavy atom. The van der Waals surface area contributed by atoms with Gasteiger partial charge in [0.25, 0.3) is 0 Å². The minimum atomic E-state index is -0.585. The number of benzene rings is 1. The van der Waals surface area contributed by atoms with E-state index in [1.807, 2.05) is 0 Å². The summed E-state index contributed by atoms with van der Waals surface area (Å²) in [5.41, 5.74) is 0.336. The molecule has 0 N–H and O–H groups in total. The molecule has 0 saturated carbocycles. The molecule has 5 nitrogen and oxygen atoms in total. The van der Waals surface area contributed by atoms with Gasteiger partial charge in [-0.2, -0.15) is 0 Å². The highest BCUT2D eigenvalue weighted by Crippen LogP contribution is 2.26. The first-order valence-corrected chi connectivity index (χ1v) is 3.89. The fourth-order valence-electron chi connectivity index (χ4n) is 1.10. The van der Waals surface area contributed by atoms with E-state index in [-0.39, 0.29) is 6.23 Å². The van der Waals surface area contributed by atoms with E-state index in [9.17, 15) is 10.1 Å². The number of methoxy groups -OCH3 is 2. The van der Waals surface area contributed by atoms with Crippen LogP contribution >= 0.6 is 0 Å². The quantitative estimate of drug-likeness (QED) is 0.540. The molecule has 75 valence electrons. The summed E-state index contributed by atoms with van der Waals surface area (Å²) < 4.78 is 9.65. The van der Waals surface area contributed by atoms with Crippen molar-refractivity contribution >= 4 is 0 Å². The molecule has 0 heterocycles. The molecule has 1 rings (SSSR count). The Hall–Kier alpha value is -1.62. The predicted molar refractivity (Wildman–Crippen MR) is 49.3 cm³/mol. The van der Waals surface area contributed by atoms with Crippen LogP contribution in [0.5, 0.6) is 5.75 Å². The van der Waals surface area contributed by atoms with E-state index in [1.54, 1.807) is 24.3 Å². The van der Waals surface area contributed by atoms with Gasteiger partial charge in [-0.15, -0.1) is 0 Å². The van der Waals surface area contributed by atoms with Crippen molar-refractivity contribution in [3.05, 3.63) is 46.2 Å². The minimum absolute atomic E-state index is 0.317. The molecular weight excluding hydrogens is 186 g/mol. The van der Waals surface area contributed by atoms with Crippen molar-refractivity contribution in [3.63, 3.8) is 0 Å². The van der Waals surface area contributed by atoms with Gasteiger partial charge in [0.1, 0.15) is 11.3 Å². The van der Waals surface area contributed by atoms with E-state index in [0.717, 1.165) is 0 Å². The van der Waals surface area contributed by atoms with Crippen molar-refractivity contribution in [3.8, 4) is 5.75 Å². The van der Waals surface area contributed by atoms with E-state index in [4.69, 9.17) is 4.74 Å². The van der Waals surface area contributed by atoms with Crippen LogP contribution in [-0.2, 0) is 4.74 Å². The lowest BCUT2D eigenvalue weighted by Gasteiger charge is -2.08.